The summed E-state index contributed by atoms with van der Waals surface area (Å²) < 4.78 is 12.9. The molecule has 1 N–H and O–H groups in total. The predicted octanol–water partition coefficient (Wildman–Crippen LogP) is 2.89. The number of nitrogens with one attached hydrogen (secondary N) is 1. The van der Waals surface area contributed by atoms with Crippen LogP contribution in [0.3, 0.4) is 0 Å². The summed E-state index contributed by atoms with van der Waals surface area (Å²) in [5.41, 5.74) is 0.774. The molecule has 0 heterocycles. The Kier molecular flexibility index (Phi) is 2.50. The van der Waals surface area contributed by atoms with Crippen molar-refractivity contribution in [2.24, 2.45) is 0 Å². The minimum Gasteiger partial charge on any atom is -0.310 e. The van der Waals surface area contributed by atoms with Crippen LogP contribution in [0, 0.1) is 0 Å². The average Bonchev–Trinajstić information content (AvgIpc) is 2.14. The first-order chi connectivity index (χ1) is 6.68. The van der Waals surface area contributed by atoms with Crippen LogP contribution in [-0.4, -0.2) is 13.2 Å². The summed E-state index contributed by atoms with van der Waals surface area (Å²) in [5.74, 6) is 0. The second-order valence-corrected chi connectivity index (χ2v) is 4.22. The van der Waals surface area contributed by atoms with E-state index >= 15 is 0 Å². The van der Waals surface area contributed by atoms with Crippen molar-refractivity contribution in [2.45, 2.75) is 24.6 Å². The van der Waals surface area contributed by atoms with Crippen LogP contribution < -0.4 is 5.32 Å². The van der Waals surface area contributed by atoms with Gasteiger partial charge >= 0.3 is 0 Å². The first-order valence-electron chi connectivity index (χ1n) is 4.76. The molecule has 1 aromatic rings. The molecule has 1 fully saturated rings. The number of hydrogen-bond donors (Lipinski definition) is 1. The van der Waals surface area contributed by atoms with Crippen molar-refractivity contribution in [3.8, 4) is 0 Å². The molecule has 14 heavy (non-hydrogen) atoms. The van der Waals surface area contributed by atoms with Gasteiger partial charge in [0.25, 0.3) is 0 Å². The lowest BCUT2D eigenvalue weighted by Crippen LogP contribution is -2.52. The molecule has 0 unspecified atom stereocenters. The molecule has 0 spiro atoms. The summed E-state index contributed by atoms with van der Waals surface area (Å²) in [6.07, 6.45) is 0.347. The van der Waals surface area contributed by atoms with E-state index in [1.807, 2.05) is 31.3 Å². The zero-order chi connectivity index (χ0) is 10.2. The second kappa shape index (κ2) is 3.52. The highest BCUT2D eigenvalue weighted by atomic mass is 35.5. The Morgan fingerprint density at radius 2 is 2.07 bits per heavy atom. The van der Waals surface area contributed by atoms with Gasteiger partial charge in [0, 0.05) is 17.9 Å². The summed E-state index contributed by atoms with van der Waals surface area (Å²) in [6.45, 7) is 0. The lowest BCUT2D eigenvalue weighted by Gasteiger charge is -2.45. The molecule has 2 rings (SSSR count). The molecule has 1 aliphatic rings. The normalized spacial score (nSPS) is 31.2. The Bertz CT molecular complexity index is 334. The molecular weight excluding hydrogens is 201 g/mol. The van der Waals surface area contributed by atoms with Crippen LogP contribution in [0.5, 0.6) is 0 Å². The molecule has 0 atom stereocenters. The highest BCUT2D eigenvalue weighted by molar-refractivity contribution is 6.31. The van der Waals surface area contributed by atoms with E-state index < -0.39 is 6.17 Å². The van der Waals surface area contributed by atoms with Crippen LogP contribution in [0.25, 0.3) is 0 Å². The Morgan fingerprint density at radius 3 is 2.57 bits per heavy atom. The Morgan fingerprint density at radius 1 is 1.43 bits per heavy atom. The average molecular weight is 214 g/mol. The van der Waals surface area contributed by atoms with Crippen LogP contribution in [0.4, 0.5) is 4.39 Å². The Hall–Kier alpha value is -0.600. The van der Waals surface area contributed by atoms with Gasteiger partial charge in [-0.15, -0.1) is 0 Å². The summed E-state index contributed by atoms with van der Waals surface area (Å²) in [5, 5.41) is 3.89. The minimum atomic E-state index is -0.696. The number of rotatable bonds is 2. The van der Waals surface area contributed by atoms with E-state index in [1.165, 1.54) is 0 Å². The molecule has 0 aliphatic heterocycles. The lowest BCUT2D eigenvalue weighted by molar-refractivity contribution is 0.0719. The van der Waals surface area contributed by atoms with Crippen LogP contribution in [0.2, 0.25) is 5.02 Å². The molecule has 1 saturated carbocycles. The maximum Gasteiger partial charge on any atom is 0.104 e. The van der Waals surface area contributed by atoms with Crippen LogP contribution in [0.1, 0.15) is 18.4 Å². The summed E-state index contributed by atoms with van der Waals surface area (Å²) in [4.78, 5) is 0. The van der Waals surface area contributed by atoms with Crippen molar-refractivity contribution < 1.29 is 4.39 Å². The zero-order valence-electron chi connectivity index (χ0n) is 8.06. The van der Waals surface area contributed by atoms with Gasteiger partial charge in [0.2, 0.25) is 0 Å². The van der Waals surface area contributed by atoms with Crippen molar-refractivity contribution >= 4 is 11.6 Å². The third kappa shape index (κ3) is 1.43. The largest absolute Gasteiger partial charge is 0.310 e. The lowest BCUT2D eigenvalue weighted by atomic mass is 9.70. The SMILES string of the molecule is CNC1(c2ccccc2Cl)CC(F)C1. The van der Waals surface area contributed by atoms with E-state index in [-0.39, 0.29) is 5.54 Å². The molecular formula is C11H13ClFN. The fourth-order valence-corrected chi connectivity index (χ4v) is 2.42. The molecule has 1 aromatic carbocycles. The van der Waals surface area contributed by atoms with Gasteiger partial charge in [-0.25, -0.2) is 4.39 Å². The minimum absolute atomic E-state index is 0.238. The van der Waals surface area contributed by atoms with Crippen molar-refractivity contribution in [1.82, 2.24) is 5.32 Å². The van der Waals surface area contributed by atoms with E-state index in [0.717, 1.165) is 5.56 Å². The van der Waals surface area contributed by atoms with E-state index in [0.29, 0.717) is 17.9 Å². The molecule has 1 nitrogen and oxygen atoms in total. The van der Waals surface area contributed by atoms with Crippen molar-refractivity contribution in [2.75, 3.05) is 7.05 Å². The maximum absolute atomic E-state index is 12.9. The summed E-state index contributed by atoms with van der Waals surface area (Å²) in [6, 6.07) is 7.64. The quantitative estimate of drug-likeness (QED) is 0.797. The van der Waals surface area contributed by atoms with Crippen LogP contribution in [0.15, 0.2) is 24.3 Å². The van der Waals surface area contributed by atoms with Gasteiger partial charge in [-0.3, -0.25) is 0 Å². The molecule has 0 radical (unpaired) electrons. The van der Waals surface area contributed by atoms with E-state index in [9.17, 15) is 4.39 Å². The number of halogens is 2. The molecule has 0 aromatic heterocycles. The van der Waals surface area contributed by atoms with E-state index in [1.54, 1.807) is 0 Å². The molecule has 0 amide bonds. The monoisotopic (exact) mass is 213 g/mol. The van der Waals surface area contributed by atoms with Crippen molar-refractivity contribution in [3.05, 3.63) is 34.9 Å². The van der Waals surface area contributed by atoms with Crippen LogP contribution in [-0.2, 0) is 5.54 Å². The second-order valence-electron chi connectivity index (χ2n) is 3.82. The third-order valence-corrected chi connectivity index (χ3v) is 3.34. The first kappa shape index (κ1) is 9.94. The van der Waals surface area contributed by atoms with Gasteiger partial charge in [0.15, 0.2) is 0 Å². The van der Waals surface area contributed by atoms with Gasteiger partial charge in [-0.2, -0.15) is 0 Å². The highest BCUT2D eigenvalue weighted by Gasteiger charge is 2.45. The molecule has 76 valence electrons. The number of alkyl halides is 1. The third-order valence-electron chi connectivity index (χ3n) is 3.01. The first-order valence-corrected chi connectivity index (χ1v) is 5.14. The van der Waals surface area contributed by atoms with E-state index in [4.69, 9.17) is 11.6 Å². The predicted molar refractivity (Wildman–Crippen MR) is 56.3 cm³/mol. The summed E-state index contributed by atoms with van der Waals surface area (Å²) >= 11 is 6.09. The van der Waals surface area contributed by atoms with Gasteiger partial charge in [-0.1, -0.05) is 29.8 Å². The molecule has 1 aliphatic carbocycles. The fourth-order valence-electron chi connectivity index (χ4n) is 2.10. The van der Waals surface area contributed by atoms with Crippen molar-refractivity contribution in [3.63, 3.8) is 0 Å². The van der Waals surface area contributed by atoms with Gasteiger partial charge in [0.1, 0.15) is 6.17 Å². The topological polar surface area (TPSA) is 12.0 Å². The zero-order valence-corrected chi connectivity index (χ0v) is 8.81. The van der Waals surface area contributed by atoms with Crippen LogP contribution >= 0.6 is 11.6 Å². The standard InChI is InChI=1S/C11H13ClFN/c1-14-11(6-8(13)7-11)9-4-2-3-5-10(9)12/h2-5,8,14H,6-7H2,1H3. The molecule has 0 bridgehead atoms. The Labute approximate surface area is 88.3 Å². The van der Waals surface area contributed by atoms with Gasteiger partial charge in [-0.05, 0) is 18.7 Å². The smallest absolute Gasteiger partial charge is 0.104 e. The fraction of sp³-hybridized carbons (Fsp3) is 0.455. The van der Waals surface area contributed by atoms with Gasteiger partial charge < -0.3 is 5.32 Å². The van der Waals surface area contributed by atoms with Crippen molar-refractivity contribution in [1.29, 1.82) is 0 Å². The Balaban J connectivity index is 2.34. The highest BCUT2D eigenvalue weighted by Crippen LogP contribution is 2.45. The van der Waals surface area contributed by atoms with Gasteiger partial charge in [0.05, 0.1) is 5.54 Å². The molecule has 3 heteroatoms. The summed E-state index contributed by atoms with van der Waals surface area (Å²) in [7, 11) is 1.86. The van der Waals surface area contributed by atoms with E-state index in [2.05, 4.69) is 5.32 Å². The maximum atomic E-state index is 12.9. The number of hydrogen-bond acceptors (Lipinski definition) is 1. The molecule has 0 saturated heterocycles. The number of benzene rings is 1.